The van der Waals surface area contributed by atoms with E-state index >= 15 is 0 Å². The third-order valence-electron chi connectivity index (χ3n) is 6.81. The zero-order valence-electron chi connectivity index (χ0n) is 24.7. The molecule has 2 heterocycles. The van der Waals surface area contributed by atoms with Crippen LogP contribution in [-0.4, -0.2) is 77.7 Å². The summed E-state index contributed by atoms with van der Waals surface area (Å²) in [6.45, 7) is 20.5. The van der Waals surface area contributed by atoms with Crippen LogP contribution in [0.3, 0.4) is 0 Å². The lowest BCUT2D eigenvalue weighted by Crippen LogP contribution is -2.54. The van der Waals surface area contributed by atoms with Gasteiger partial charge in [-0.2, -0.15) is 0 Å². The molecule has 0 unspecified atom stereocenters. The summed E-state index contributed by atoms with van der Waals surface area (Å²) in [4.78, 5) is 18.6. The van der Waals surface area contributed by atoms with Crippen LogP contribution in [0.25, 0.3) is 0 Å². The van der Waals surface area contributed by atoms with Crippen LogP contribution in [0.4, 0.5) is 13.6 Å². The van der Waals surface area contributed by atoms with Crippen molar-refractivity contribution in [3.05, 3.63) is 70.3 Å². The van der Waals surface area contributed by atoms with Crippen molar-refractivity contribution in [3.63, 3.8) is 0 Å². The molecule has 2 aromatic rings. The van der Waals surface area contributed by atoms with Gasteiger partial charge in [0, 0.05) is 64.4 Å². The minimum atomic E-state index is -0.479. The summed E-state index contributed by atoms with van der Waals surface area (Å²) in [5.41, 5.74) is 3.50. The Morgan fingerprint density at radius 3 is 1.87 bits per heavy atom. The van der Waals surface area contributed by atoms with Crippen molar-refractivity contribution in [1.82, 2.24) is 20.0 Å². The van der Waals surface area contributed by atoms with Gasteiger partial charge in [-0.1, -0.05) is 12.1 Å². The molecule has 0 bridgehead atoms. The molecule has 2 aliphatic rings. The smallest absolute Gasteiger partial charge is 0.410 e. The van der Waals surface area contributed by atoms with E-state index in [9.17, 15) is 13.6 Å². The number of amides is 1. The summed E-state index contributed by atoms with van der Waals surface area (Å²) in [5, 5.41) is 3.40. The number of halogens is 2. The number of rotatable bonds is 4. The van der Waals surface area contributed by atoms with E-state index in [2.05, 4.69) is 28.1 Å². The molecule has 1 amide bonds. The van der Waals surface area contributed by atoms with Crippen LogP contribution in [0.2, 0.25) is 0 Å². The van der Waals surface area contributed by atoms with Gasteiger partial charge in [0.05, 0.1) is 0 Å². The van der Waals surface area contributed by atoms with Gasteiger partial charge < -0.3 is 15.0 Å². The van der Waals surface area contributed by atoms with Crippen molar-refractivity contribution < 1.29 is 18.3 Å². The quantitative estimate of drug-likeness (QED) is 0.551. The van der Waals surface area contributed by atoms with Gasteiger partial charge in [-0.05, 0) is 95.0 Å². The van der Waals surface area contributed by atoms with E-state index in [0.717, 1.165) is 61.5 Å². The highest BCUT2D eigenvalue weighted by atomic mass is 19.1. The van der Waals surface area contributed by atoms with Crippen molar-refractivity contribution in [1.29, 1.82) is 0 Å². The summed E-state index contributed by atoms with van der Waals surface area (Å²) in [6, 6.07) is 11.0. The molecule has 216 valence electrons. The van der Waals surface area contributed by atoms with Gasteiger partial charge in [0.1, 0.15) is 17.2 Å². The Morgan fingerprint density at radius 1 is 0.872 bits per heavy atom. The molecule has 2 atom stereocenters. The number of aryl methyl sites for hydroxylation is 2. The fourth-order valence-corrected chi connectivity index (χ4v) is 5.25. The molecule has 39 heavy (non-hydrogen) atoms. The number of hydrogen-bond donors (Lipinski definition) is 1. The topological polar surface area (TPSA) is 48.1 Å². The predicted molar refractivity (Wildman–Crippen MR) is 153 cm³/mol. The SMILES string of the molecule is Cc1cc(F)cc(CN2CCN(C(=O)OC(C)(C)C)[C@H](C)C2)c1.Cc1cc(F)cc(CN2CCN[C@H](C)C2)c1. The first-order chi connectivity index (χ1) is 18.3. The molecule has 0 aromatic heterocycles. The van der Waals surface area contributed by atoms with Crippen molar-refractivity contribution in [2.24, 2.45) is 0 Å². The average molecular weight is 545 g/mol. The van der Waals surface area contributed by atoms with Gasteiger partial charge in [0.25, 0.3) is 0 Å². The molecule has 6 nitrogen and oxygen atoms in total. The van der Waals surface area contributed by atoms with Crippen molar-refractivity contribution in [3.8, 4) is 0 Å². The zero-order chi connectivity index (χ0) is 28.7. The third kappa shape index (κ3) is 10.5. The van der Waals surface area contributed by atoms with Crippen molar-refractivity contribution in [2.75, 3.05) is 39.3 Å². The van der Waals surface area contributed by atoms with Gasteiger partial charge >= 0.3 is 6.09 Å². The molecule has 2 aromatic carbocycles. The molecular weight excluding hydrogens is 498 g/mol. The monoisotopic (exact) mass is 544 g/mol. The van der Waals surface area contributed by atoms with Crippen LogP contribution in [0.5, 0.6) is 0 Å². The summed E-state index contributed by atoms with van der Waals surface area (Å²) in [5.74, 6) is -0.321. The molecular formula is C31H46F2N4O2. The molecule has 0 radical (unpaired) electrons. The van der Waals surface area contributed by atoms with Crippen LogP contribution < -0.4 is 5.32 Å². The van der Waals surface area contributed by atoms with E-state index in [1.54, 1.807) is 23.1 Å². The van der Waals surface area contributed by atoms with Gasteiger partial charge in [-0.25, -0.2) is 13.6 Å². The van der Waals surface area contributed by atoms with Crippen LogP contribution in [0.15, 0.2) is 36.4 Å². The third-order valence-corrected chi connectivity index (χ3v) is 6.81. The lowest BCUT2D eigenvalue weighted by molar-refractivity contribution is 0.000555. The van der Waals surface area contributed by atoms with Gasteiger partial charge in [-0.15, -0.1) is 0 Å². The maximum absolute atomic E-state index is 13.5. The minimum absolute atomic E-state index is 0.0771. The lowest BCUT2D eigenvalue weighted by Gasteiger charge is -2.40. The average Bonchev–Trinajstić information content (AvgIpc) is 2.77. The second-order valence-electron chi connectivity index (χ2n) is 12.1. The Morgan fingerprint density at radius 2 is 1.41 bits per heavy atom. The van der Waals surface area contributed by atoms with Crippen LogP contribution >= 0.6 is 0 Å². The summed E-state index contributed by atoms with van der Waals surface area (Å²) in [6.07, 6.45) is -0.258. The zero-order valence-corrected chi connectivity index (χ0v) is 24.7. The Balaban J connectivity index is 0.000000230. The first kappa shape index (κ1) is 31.0. The predicted octanol–water partition coefficient (Wildman–Crippen LogP) is 5.50. The number of ether oxygens (including phenoxy) is 1. The molecule has 0 aliphatic carbocycles. The van der Waals surface area contributed by atoms with E-state index in [1.165, 1.54) is 6.07 Å². The number of hydrogen-bond acceptors (Lipinski definition) is 5. The number of piperazine rings is 2. The Kier molecular flexibility index (Phi) is 10.9. The Hall–Kier alpha value is -2.55. The first-order valence-corrected chi connectivity index (χ1v) is 14.0. The molecule has 0 saturated carbocycles. The second-order valence-corrected chi connectivity index (χ2v) is 12.1. The summed E-state index contributed by atoms with van der Waals surface area (Å²) >= 11 is 0. The summed E-state index contributed by atoms with van der Waals surface area (Å²) < 4.78 is 32.2. The minimum Gasteiger partial charge on any atom is -0.444 e. The Labute approximate surface area is 233 Å². The van der Waals surface area contributed by atoms with E-state index < -0.39 is 5.60 Å². The summed E-state index contributed by atoms with van der Waals surface area (Å²) in [7, 11) is 0. The van der Waals surface area contributed by atoms with Gasteiger partial charge in [-0.3, -0.25) is 9.80 Å². The van der Waals surface area contributed by atoms with Crippen molar-refractivity contribution in [2.45, 2.75) is 79.2 Å². The highest BCUT2D eigenvalue weighted by Crippen LogP contribution is 2.18. The largest absolute Gasteiger partial charge is 0.444 e. The van der Waals surface area contributed by atoms with Crippen LogP contribution in [-0.2, 0) is 17.8 Å². The van der Waals surface area contributed by atoms with Gasteiger partial charge in [0.15, 0.2) is 0 Å². The van der Waals surface area contributed by atoms with Crippen molar-refractivity contribution >= 4 is 6.09 Å². The molecule has 2 aliphatic heterocycles. The number of nitrogens with one attached hydrogen (secondary N) is 1. The number of nitrogens with zero attached hydrogens (tertiary/aromatic N) is 3. The molecule has 2 fully saturated rings. The fraction of sp³-hybridized carbons (Fsp3) is 0.581. The van der Waals surface area contributed by atoms with E-state index in [1.807, 2.05) is 47.6 Å². The first-order valence-electron chi connectivity index (χ1n) is 14.0. The number of carbonyl (C=O) groups is 1. The highest BCUT2D eigenvalue weighted by Gasteiger charge is 2.30. The van der Waals surface area contributed by atoms with E-state index in [-0.39, 0.29) is 23.8 Å². The molecule has 1 N–H and O–H groups in total. The second kappa shape index (κ2) is 13.7. The number of benzene rings is 2. The van der Waals surface area contributed by atoms with Crippen LogP contribution in [0, 0.1) is 25.5 Å². The normalized spacial score (nSPS) is 20.8. The molecule has 0 spiro atoms. The molecule has 8 heteroatoms. The number of carbonyl (C=O) groups excluding carboxylic acids is 1. The fourth-order valence-electron chi connectivity index (χ4n) is 5.25. The maximum Gasteiger partial charge on any atom is 0.410 e. The Bertz CT molecular complexity index is 1060. The van der Waals surface area contributed by atoms with E-state index in [0.29, 0.717) is 19.1 Å². The van der Waals surface area contributed by atoms with Gasteiger partial charge in [0.2, 0.25) is 0 Å². The maximum atomic E-state index is 13.5. The lowest BCUT2D eigenvalue weighted by atomic mass is 10.1. The molecule has 4 rings (SSSR count). The highest BCUT2D eigenvalue weighted by molar-refractivity contribution is 5.68. The standard InChI is InChI=1S/C18H27FN2O2.C13H19FN2/c1-13-8-15(10-16(19)9-13)12-20-6-7-21(14(2)11-20)17(22)23-18(3,4)5;1-10-5-12(7-13(14)6-10)9-16-4-3-15-11(2)8-16/h8-10,14H,6-7,11-12H2,1-5H3;5-7,11,15H,3-4,8-9H2,1-2H3/t14-;11-/m11/s1. The van der Waals surface area contributed by atoms with Crippen LogP contribution in [0.1, 0.15) is 56.9 Å². The molecule has 2 saturated heterocycles. The van der Waals surface area contributed by atoms with E-state index in [4.69, 9.17) is 4.74 Å².